The largest absolute Gasteiger partial charge is 0.471 e. The molecule has 0 spiro atoms. The Kier molecular flexibility index (Phi) is 7.38. The first-order valence-corrected chi connectivity index (χ1v) is 13.6. The first-order valence-electron chi connectivity index (χ1n) is 8.58. The zero-order valence-electron chi connectivity index (χ0n) is 14.8. The van der Waals surface area contributed by atoms with Gasteiger partial charge < -0.3 is 4.74 Å². The van der Waals surface area contributed by atoms with Crippen molar-refractivity contribution < 1.29 is 9.13 Å². The Morgan fingerprint density at radius 2 is 1.88 bits per heavy atom. The van der Waals surface area contributed by atoms with Crippen LogP contribution >= 0.6 is 11.2 Å². The topological polar surface area (TPSA) is 21.6 Å². The summed E-state index contributed by atoms with van der Waals surface area (Å²) in [4.78, 5) is 4.46. The fourth-order valence-electron chi connectivity index (χ4n) is 2.50. The predicted molar refractivity (Wildman–Crippen MR) is 105 cm³/mol. The highest BCUT2D eigenvalue weighted by Crippen LogP contribution is 2.24. The molecule has 0 amide bonds. The van der Waals surface area contributed by atoms with E-state index in [-0.39, 0.29) is 5.82 Å². The average Bonchev–Trinajstić information content (AvgIpc) is 2.54. The van der Waals surface area contributed by atoms with Crippen molar-refractivity contribution in [3.05, 3.63) is 30.1 Å². The Morgan fingerprint density at radius 1 is 1.21 bits per heavy atom. The molecule has 2 rings (SSSR count). The smallest absolute Gasteiger partial charge is 0.269 e. The van der Waals surface area contributed by atoms with E-state index in [4.69, 9.17) is 4.74 Å². The van der Waals surface area contributed by atoms with Crippen LogP contribution in [0.2, 0.25) is 19.6 Å². The molecule has 0 bridgehead atoms. The number of benzene rings is 1. The summed E-state index contributed by atoms with van der Waals surface area (Å²) >= 11 is 1.69. The van der Waals surface area contributed by atoms with Crippen molar-refractivity contribution in [3.63, 3.8) is 0 Å². The zero-order valence-corrected chi connectivity index (χ0v) is 16.6. The minimum Gasteiger partial charge on any atom is -0.471 e. The van der Waals surface area contributed by atoms with Crippen LogP contribution in [0.25, 0.3) is 0 Å². The van der Waals surface area contributed by atoms with Crippen LogP contribution in [0.5, 0.6) is 0 Å². The van der Waals surface area contributed by atoms with Crippen molar-refractivity contribution >= 4 is 30.0 Å². The standard InChI is InChI=1S/C19H26FNOSSi/c1-24(2,3)23-14-13-19(21-18-11-9-17(20)10-12-18)22-15-16-7-5-4-6-8-16/h9-12,16H,4-8,15H2,1-3H3/b21-19-. The van der Waals surface area contributed by atoms with Crippen molar-refractivity contribution in [2.75, 3.05) is 6.61 Å². The van der Waals surface area contributed by atoms with Crippen LogP contribution in [-0.4, -0.2) is 19.7 Å². The van der Waals surface area contributed by atoms with E-state index in [0.29, 0.717) is 24.1 Å². The van der Waals surface area contributed by atoms with Gasteiger partial charge in [-0.3, -0.25) is 0 Å². The summed E-state index contributed by atoms with van der Waals surface area (Å²) in [5, 5.41) is 3.14. The Balaban J connectivity index is 2.06. The zero-order chi connectivity index (χ0) is 17.4. The molecular weight excluding hydrogens is 337 g/mol. The first kappa shape index (κ1) is 19.1. The molecule has 1 aromatic carbocycles. The summed E-state index contributed by atoms with van der Waals surface area (Å²) in [6.45, 7) is 7.44. The van der Waals surface area contributed by atoms with Gasteiger partial charge >= 0.3 is 0 Å². The quantitative estimate of drug-likeness (QED) is 0.284. The van der Waals surface area contributed by atoms with Crippen molar-refractivity contribution in [2.24, 2.45) is 10.9 Å². The summed E-state index contributed by atoms with van der Waals surface area (Å²) in [6, 6.07) is 6.10. The third-order valence-electron chi connectivity index (χ3n) is 3.75. The highest BCUT2D eigenvalue weighted by atomic mass is 32.4. The van der Waals surface area contributed by atoms with Crippen LogP contribution in [0.1, 0.15) is 32.1 Å². The molecule has 5 heteroatoms. The summed E-state index contributed by atoms with van der Waals surface area (Å²) in [6.07, 6.45) is 6.35. The van der Waals surface area contributed by atoms with E-state index >= 15 is 0 Å². The minimum atomic E-state index is -1.30. The molecule has 0 saturated heterocycles. The lowest BCUT2D eigenvalue weighted by Gasteiger charge is -2.21. The molecule has 2 nitrogen and oxygen atoms in total. The molecule has 1 aliphatic carbocycles. The third kappa shape index (κ3) is 7.54. The molecule has 0 heterocycles. The van der Waals surface area contributed by atoms with Crippen molar-refractivity contribution in [1.29, 1.82) is 0 Å². The molecule has 1 fully saturated rings. The lowest BCUT2D eigenvalue weighted by atomic mass is 9.90. The summed E-state index contributed by atoms with van der Waals surface area (Å²) in [7, 11) is -1.30. The van der Waals surface area contributed by atoms with Gasteiger partial charge in [0.05, 0.1) is 12.3 Å². The Morgan fingerprint density at radius 3 is 2.50 bits per heavy atom. The van der Waals surface area contributed by atoms with Gasteiger partial charge in [-0.2, -0.15) is 0 Å². The number of ether oxygens (including phenoxy) is 1. The van der Waals surface area contributed by atoms with E-state index in [1.807, 2.05) is 0 Å². The van der Waals surface area contributed by atoms with Gasteiger partial charge in [0.15, 0.2) is 0 Å². The van der Waals surface area contributed by atoms with E-state index in [1.165, 1.54) is 44.2 Å². The number of aliphatic imine (C=N–C) groups is 1. The van der Waals surface area contributed by atoms with Gasteiger partial charge in [0.25, 0.3) is 5.90 Å². The maximum absolute atomic E-state index is 13.0. The summed E-state index contributed by atoms with van der Waals surface area (Å²) in [5.74, 6) is 3.84. The molecule has 0 unspecified atom stereocenters. The summed E-state index contributed by atoms with van der Waals surface area (Å²) in [5.41, 5.74) is 0.669. The first-order chi connectivity index (χ1) is 11.4. The Hall–Kier alpha value is -1.25. The van der Waals surface area contributed by atoms with Crippen LogP contribution in [0, 0.1) is 22.9 Å². The highest BCUT2D eigenvalue weighted by molar-refractivity contribution is 8.32. The van der Waals surface area contributed by atoms with Crippen LogP contribution in [-0.2, 0) is 4.74 Å². The van der Waals surface area contributed by atoms with E-state index < -0.39 is 7.22 Å². The second-order valence-corrected chi connectivity index (χ2v) is 16.1. The molecule has 1 saturated carbocycles. The van der Waals surface area contributed by atoms with Gasteiger partial charge in [0.2, 0.25) is 0 Å². The average molecular weight is 364 g/mol. The van der Waals surface area contributed by atoms with Crippen LogP contribution in [0.4, 0.5) is 10.1 Å². The minimum absolute atomic E-state index is 0.265. The molecule has 24 heavy (non-hydrogen) atoms. The van der Waals surface area contributed by atoms with Crippen molar-refractivity contribution in [1.82, 2.24) is 0 Å². The molecule has 130 valence electrons. The van der Waals surface area contributed by atoms with Gasteiger partial charge in [0.1, 0.15) is 13.0 Å². The molecule has 0 N–H and O–H groups in total. The maximum Gasteiger partial charge on any atom is 0.269 e. The van der Waals surface area contributed by atoms with Crippen LogP contribution in [0.15, 0.2) is 29.3 Å². The number of rotatable bonds is 4. The van der Waals surface area contributed by atoms with Gasteiger partial charge in [-0.25, -0.2) is 9.38 Å². The fourth-order valence-corrected chi connectivity index (χ4v) is 4.02. The fraction of sp³-hybridized carbons (Fsp3) is 0.526. The molecule has 1 aromatic rings. The number of hydrogen-bond acceptors (Lipinski definition) is 3. The number of halogens is 1. The number of hydrogen-bond donors (Lipinski definition) is 0. The SMILES string of the molecule is C[Si](C)(C)SC#C/C(=N/c1ccc(F)cc1)OCC1CCCCC1. The molecular formula is C19H26FNOSSi. The van der Waals surface area contributed by atoms with Crippen LogP contribution in [0.3, 0.4) is 0 Å². The van der Waals surface area contributed by atoms with Gasteiger partial charge in [-0.15, -0.1) is 11.2 Å². The van der Waals surface area contributed by atoms with E-state index in [0.717, 1.165) is 0 Å². The summed E-state index contributed by atoms with van der Waals surface area (Å²) < 4.78 is 19.0. The highest BCUT2D eigenvalue weighted by Gasteiger charge is 2.15. The predicted octanol–water partition coefficient (Wildman–Crippen LogP) is 5.98. The van der Waals surface area contributed by atoms with Gasteiger partial charge in [-0.05, 0) is 48.3 Å². The van der Waals surface area contributed by atoms with E-state index in [9.17, 15) is 4.39 Å². The monoisotopic (exact) mass is 363 g/mol. The lowest BCUT2D eigenvalue weighted by molar-refractivity contribution is 0.202. The van der Waals surface area contributed by atoms with E-state index in [1.54, 1.807) is 23.3 Å². The molecule has 0 radical (unpaired) electrons. The number of nitrogens with zero attached hydrogens (tertiary/aromatic N) is 1. The van der Waals surface area contributed by atoms with Crippen molar-refractivity contribution in [3.8, 4) is 11.2 Å². The normalized spacial score (nSPS) is 16.4. The van der Waals surface area contributed by atoms with Gasteiger partial charge in [-0.1, -0.05) is 38.9 Å². The maximum atomic E-state index is 13.0. The Labute approximate surface area is 149 Å². The second-order valence-electron chi connectivity index (χ2n) is 7.15. The second kappa shape index (κ2) is 9.29. The van der Waals surface area contributed by atoms with Crippen molar-refractivity contribution in [2.45, 2.75) is 51.7 Å². The molecule has 0 aromatic heterocycles. The third-order valence-corrected chi connectivity index (χ3v) is 6.71. The molecule has 0 atom stereocenters. The molecule has 0 aliphatic heterocycles. The van der Waals surface area contributed by atoms with Gasteiger partial charge in [0, 0.05) is 5.92 Å². The lowest BCUT2D eigenvalue weighted by Crippen LogP contribution is -2.16. The molecule has 1 aliphatic rings. The Bertz CT molecular complexity index is 607. The van der Waals surface area contributed by atoms with Crippen LogP contribution < -0.4 is 0 Å². The van der Waals surface area contributed by atoms with E-state index in [2.05, 4.69) is 35.8 Å².